The highest BCUT2D eigenvalue weighted by molar-refractivity contribution is 9.10. The Morgan fingerprint density at radius 3 is 2.50 bits per heavy atom. The van der Waals surface area contributed by atoms with Crippen molar-refractivity contribution in [1.29, 1.82) is 0 Å². The summed E-state index contributed by atoms with van der Waals surface area (Å²) >= 11 is 3.13. The molecule has 0 bridgehead atoms. The van der Waals surface area contributed by atoms with Gasteiger partial charge < -0.3 is 14.6 Å². The van der Waals surface area contributed by atoms with E-state index in [0.717, 1.165) is 0 Å². The Morgan fingerprint density at radius 1 is 1.45 bits per heavy atom. The summed E-state index contributed by atoms with van der Waals surface area (Å²) in [5.41, 5.74) is -0.132. The summed E-state index contributed by atoms with van der Waals surface area (Å²) in [6.45, 7) is 2.85. The SMILES string of the molecule is COC(=O)C(C)Oc1c([C@@H](C)O)cc(Br)cc1[N+](=O)[O-]. The van der Waals surface area contributed by atoms with Crippen LogP contribution in [0, 0.1) is 10.1 Å². The fourth-order valence-corrected chi connectivity index (χ4v) is 2.03. The number of nitro groups is 1. The predicted octanol–water partition coefficient (Wildman–Crippen LogP) is 2.35. The average molecular weight is 348 g/mol. The lowest BCUT2D eigenvalue weighted by Crippen LogP contribution is -2.26. The first-order chi connectivity index (χ1) is 9.27. The minimum atomic E-state index is -1.03. The van der Waals surface area contributed by atoms with Gasteiger partial charge in [0.2, 0.25) is 5.75 Å². The molecule has 0 saturated heterocycles. The number of ether oxygens (including phenoxy) is 2. The number of aliphatic hydroxyl groups is 1. The molecule has 20 heavy (non-hydrogen) atoms. The van der Waals surface area contributed by atoms with E-state index < -0.39 is 23.1 Å². The fraction of sp³-hybridized carbons (Fsp3) is 0.417. The van der Waals surface area contributed by atoms with E-state index in [0.29, 0.717) is 4.47 Å². The molecule has 0 aliphatic carbocycles. The van der Waals surface area contributed by atoms with Gasteiger partial charge in [-0.15, -0.1) is 0 Å². The van der Waals surface area contributed by atoms with Crippen LogP contribution in [0.3, 0.4) is 0 Å². The van der Waals surface area contributed by atoms with Gasteiger partial charge in [-0.05, 0) is 19.9 Å². The predicted molar refractivity (Wildman–Crippen MR) is 73.5 cm³/mol. The summed E-state index contributed by atoms with van der Waals surface area (Å²) in [4.78, 5) is 21.8. The second-order valence-electron chi connectivity index (χ2n) is 4.06. The Balaban J connectivity index is 3.33. The summed E-state index contributed by atoms with van der Waals surface area (Å²) in [6, 6.07) is 2.74. The van der Waals surface area contributed by atoms with E-state index >= 15 is 0 Å². The number of halogens is 1. The van der Waals surface area contributed by atoms with E-state index in [9.17, 15) is 20.0 Å². The van der Waals surface area contributed by atoms with Gasteiger partial charge in [0, 0.05) is 16.1 Å². The molecule has 0 aromatic heterocycles. The number of methoxy groups -OCH3 is 1. The van der Waals surface area contributed by atoms with Crippen LogP contribution in [0.4, 0.5) is 5.69 Å². The minimum Gasteiger partial charge on any atom is -0.472 e. The number of rotatable bonds is 5. The first-order valence-electron chi connectivity index (χ1n) is 5.68. The number of carbonyl (C=O) groups excluding carboxylic acids is 1. The van der Waals surface area contributed by atoms with Crippen LogP contribution in [0.25, 0.3) is 0 Å². The van der Waals surface area contributed by atoms with Crippen LogP contribution in [-0.4, -0.2) is 29.2 Å². The second-order valence-corrected chi connectivity index (χ2v) is 4.98. The van der Waals surface area contributed by atoms with Gasteiger partial charge in [0.25, 0.3) is 0 Å². The zero-order valence-corrected chi connectivity index (χ0v) is 12.7. The highest BCUT2D eigenvalue weighted by Gasteiger charge is 2.27. The maximum absolute atomic E-state index is 11.4. The Hall–Kier alpha value is -1.67. The lowest BCUT2D eigenvalue weighted by molar-refractivity contribution is -0.386. The third kappa shape index (κ3) is 3.67. The average Bonchev–Trinajstić information content (AvgIpc) is 2.38. The highest BCUT2D eigenvalue weighted by atomic mass is 79.9. The van der Waals surface area contributed by atoms with E-state index in [4.69, 9.17) is 4.74 Å². The zero-order chi connectivity index (χ0) is 15.4. The maximum atomic E-state index is 11.4. The largest absolute Gasteiger partial charge is 0.472 e. The first kappa shape index (κ1) is 16.4. The monoisotopic (exact) mass is 347 g/mol. The molecule has 0 heterocycles. The van der Waals surface area contributed by atoms with Gasteiger partial charge in [-0.25, -0.2) is 4.79 Å². The molecular weight excluding hydrogens is 334 g/mol. The molecule has 7 nitrogen and oxygen atoms in total. The molecule has 110 valence electrons. The summed E-state index contributed by atoms with van der Waals surface area (Å²) in [5.74, 6) is -0.815. The highest BCUT2D eigenvalue weighted by Crippen LogP contribution is 2.38. The molecule has 8 heteroatoms. The van der Waals surface area contributed by atoms with Crippen LogP contribution < -0.4 is 4.74 Å². The number of aliphatic hydroxyl groups excluding tert-OH is 1. The van der Waals surface area contributed by atoms with Crippen LogP contribution in [0.15, 0.2) is 16.6 Å². The molecule has 1 aromatic carbocycles. The molecule has 1 unspecified atom stereocenters. The van der Waals surface area contributed by atoms with Crippen LogP contribution in [0.1, 0.15) is 25.5 Å². The number of carbonyl (C=O) groups is 1. The number of nitrogens with zero attached hydrogens (tertiary/aromatic N) is 1. The molecule has 1 aromatic rings. The quantitative estimate of drug-likeness (QED) is 0.498. The van der Waals surface area contributed by atoms with Crippen LogP contribution in [-0.2, 0) is 9.53 Å². The third-order valence-electron chi connectivity index (χ3n) is 2.54. The molecule has 1 N–H and O–H groups in total. The molecule has 0 amide bonds. The van der Waals surface area contributed by atoms with Crippen molar-refractivity contribution in [2.24, 2.45) is 0 Å². The third-order valence-corrected chi connectivity index (χ3v) is 3.00. The molecule has 0 saturated carbocycles. The van der Waals surface area contributed by atoms with Crippen LogP contribution in [0.2, 0.25) is 0 Å². The standard InChI is InChI=1S/C12H14BrNO6/c1-6(15)9-4-8(13)5-10(14(17)18)11(9)20-7(2)12(16)19-3/h4-7,15H,1-3H3/t6-,7?/m1/s1. The number of benzene rings is 1. The van der Waals surface area contributed by atoms with Crippen molar-refractivity contribution in [2.45, 2.75) is 26.1 Å². The van der Waals surface area contributed by atoms with Crippen LogP contribution >= 0.6 is 15.9 Å². The fourth-order valence-electron chi connectivity index (χ4n) is 1.57. The molecule has 0 aliphatic heterocycles. The van der Waals surface area contributed by atoms with E-state index in [2.05, 4.69) is 20.7 Å². The molecule has 0 spiro atoms. The van der Waals surface area contributed by atoms with Crippen molar-refractivity contribution in [3.8, 4) is 5.75 Å². The first-order valence-corrected chi connectivity index (χ1v) is 6.47. The van der Waals surface area contributed by atoms with Crippen molar-refractivity contribution < 1.29 is 24.3 Å². The molecule has 1 rings (SSSR count). The Kier molecular flexibility index (Phi) is 5.46. The molecule has 0 radical (unpaired) electrons. The summed E-state index contributed by atoms with van der Waals surface area (Å²) < 4.78 is 10.2. The summed E-state index contributed by atoms with van der Waals surface area (Å²) in [7, 11) is 1.19. The van der Waals surface area contributed by atoms with Crippen molar-refractivity contribution in [2.75, 3.05) is 7.11 Å². The molecular formula is C12H14BrNO6. The second kappa shape index (κ2) is 6.67. The number of esters is 1. The van der Waals surface area contributed by atoms with Gasteiger partial charge in [0.05, 0.1) is 18.1 Å². The number of nitro benzene ring substituents is 1. The lowest BCUT2D eigenvalue weighted by atomic mass is 10.1. The van der Waals surface area contributed by atoms with E-state index in [1.807, 2.05) is 0 Å². The van der Waals surface area contributed by atoms with Gasteiger partial charge >= 0.3 is 11.7 Å². The summed E-state index contributed by atoms with van der Waals surface area (Å²) in [6.07, 6.45) is -2.02. The van der Waals surface area contributed by atoms with Crippen molar-refractivity contribution in [3.05, 3.63) is 32.3 Å². The Morgan fingerprint density at radius 2 is 2.05 bits per heavy atom. The maximum Gasteiger partial charge on any atom is 0.346 e. The van der Waals surface area contributed by atoms with E-state index in [-0.39, 0.29) is 17.0 Å². The molecule has 0 aliphatic rings. The van der Waals surface area contributed by atoms with Gasteiger partial charge in [0.1, 0.15) is 0 Å². The van der Waals surface area contributed by atoms with Crippen molar-refractivity contribution in [1.82, 2.24) is 0 Å². The zero-order valence-electron chi connectivity index (χ0n) is 11.1. The lowest BCUT2D eigenvalue weighted by Gasteiger charge is -2.17. The topological polar surface area (TPSA) is 98.9 Å². The van der Waals surface area contributed by atoms with E-state index in [1.54, 1.807) is 0 Å². The minimum absolute atomic E-state index is 0.147. The molecule has 0 fully saturated rings. The van der Waals surface area contributed by atoms with Crippen molar-refractivity contribution >= 4 is 27.6 Å². The van der Waals surface area contributed by atoms with Crippen LogP contribution in [0.5, 0.6) is 5.75 Å². The number of hydrogen-bond acceptors (Lipinski definition) is 6. The van der Waals surface area contributed by atoms with Gasteiger partial charge in [-0.2, -0.15) is 0 Å². The Labute approximate surface area is 123 Å². The normalized spacial score (nSPS) is 13.4. The number of hydrogen-bond donors (Lipinski definition) is 1. The smallest absolute Gasteiger partial charge is 0.346 e. The van der Waals surface area contributed by atoms with Gasteiger partial charge in [-0.3, -0.25) is 10.1 Å². The van der Waals surface area contributed by atoms with Gasteiger partial charge in [-0.1, -0.05) is 15.9 Å². The summed E-state index contributed by atoms with van der Waals surface area (Å²) in [5, 5.41) is 20.8. The van der Waals surface area contributed by atoms with Crippen molar-refractivity contribution in [3.63, 3.8) is 0 Å². The molecule has 2 atom stereocenters. The Bertz CT molecular complexity index is 531. The van der Waals surface area contributed by atoms with E-state index in [1.165, 1.54) is 33.1 Å². The van der Waals surface area contributed by atoms with Gasteiger partial charge in [0.15, 0.2) is 6.10 Å².